The van der Waals surface area contributed by atoms with Gasteiger partial charge in [-0.15, -0.1) is 0 Å². The van der Waals surface area contributed by atoms with Gasteiger partial charge in [-0.25, -0.2) is 4.79 Å². The van der Waals surface area contributed by atoms with Crippen molar-refractivity contribution in [2.75, 3.05) is 0 Å². The second kappa shape index (κ2) is 6.42. The van der Waals surface area contributed by atoms with Crippen LogP contribution in [0.1, 0.15) is 28.4 Å². The number of ketones is 1. The van der Waals surface area contributed by atoms with Crippen LogP contribution < -0.4 is 9.81 Å². The molecule has 0 bridgehead atoms. The van der Waals surface area contributed by atoms with Crippen molar-refractivity contribution in [1.29, 1.82) is 0 Å². The summed E-state index contributed by atoms with van der Waals surface area (Å²) in [6.45, 7) is 4.86. The molecular weight excluding hydrogens is 356 g/mol. The van der Waals surface area contributed by atoms with Crippen molar-refractivity contribution in [2.24, 2.45) is 0 Å². The molecule has 2 aromatic carbocycles. The summed E-state index contributed by atoms with van der Waals surface area (Å²) in [5.41, 5.74) is 1.45. The van der Waals surface area contributed by atoms with Crippen LogP contribution in [-0.4, -0.2) is 14.2 Å². The third kappa shape index (κ3) is 3.25. The largest absolute Gasteiger partial charge is 0.422 e. The van der Waals surface area contributed by atoms with E-state index in [0.717, 1.165) is 5.56 Å². The smallest absolute Gasteiger partial charge is 0.339 e. The molecule has 1 heterocycles. The highest BCUT2D eigenvalue weighted by Crippen LogP contribution is 2.26. The van der Waals surface area contributed by atoms with Crippen molar-refractivity contribution in [3.8, 4) is 5.75 Å². The highest BCUT2D eigenvalue weighted by atomic mass is 32.2. The quantitative estimate of drug-likeness (QED) is 0.396. The summed E-state index contributed by atoms with van der Waals surface area (Å²) >= 11 is 0. The maximum absolute atomic E-state index is 12.4. The fraction of sp³-hybridized carbons (Fsp3) is 0.158. The Bertz CT molecular complexity index is 1170. The second-order valence-electron chi connectivity index (χ2n) is 5.92. The first-order chi connectivity index (χ1) is 12.2. The molecule has 0 radical (unpaired) electrons. The van der Waals surface area contributed by atoms with E-state index < -0.39 is 15.7 Å². The molecule has 0 aliphatic rings. The van der Waals surface area contributed by atoms with Crippen LogP contribution in [0.2, 0.25) is 0 Å². The minimum atomic E-state index is -4.08. The zero-order valence-corrected chi connectivity index (χ0v) is 15.2. The van der Waals surface area contributed by atoms with E-state index in [4.69, 9.17) is 8.60 Å². The second-order valence-corrected chi connectivity index (χ2v) is 7.46. The van der Waals surface area contributed by atoms with E-state index >= 15 is 0 Å². The lowest BCUT2D eigenvalue weighted by molar-refractivity contribution is 0.101. The molecule has 3 aromatic rings. The van der Waals surface area contributed by atoms with Gasteiger partial charge in [-0.2, -0.15) is 8.42 Å². The third-order valence-electron chi connectivity index (χ3n) is 4.18. The van der Waals surface area contributed by atoms with Gasteiger partial charge in [-0.3, -0.25) is 4.79 Å². The number of benzene rings is 2. The minimum absolute atomic E-state index is 0.0274. The van der Waals surface area contributed by atoms with Gasteiger partial charge in [-0.1, -0.05) is 12.1 Å². The standard InChI is InChI=1S/C19H16O6S/c1-11-12(2)19(21)24-18-10-15(6-9-17(11)18)25-26(22,23)16-7-4-14(5-8-16)13(3)20/h4-10H,1-3H3. The number of hydrogen-bond acceptors (Lipinski definition) is 6. The zero-order chi connectivity index (χ0) is 19.1. The van der Waals surface area contributed by atoms with Gasteiger partial charge < -0.3 is 8.60 Å². The van der Waals surface area contributed by atoms with Crippen LogP contribution in [0.15, 0.2) is 56.6 Å². The monoisotopic (exact) mass is 372 g/mol. The van der Waals surface area contributed by atoms with Crippen LogP contribution in [-0.2, 0) is 10.1 Å². The first-order valence-electron chi connectivity index (χ1n) is 7.78. The van der Waals surface area contributed by atoms with Gasteiger partial charge in [-0.05, 0) is 50.6 Å². The summed E-state index contributed by atoms with van der Waals surface area (Å²) < 4.78 is 35.2. The van der Waals surface area contributed by atoms with Gasteiger partial charge in [0.05, 0.1) is 0 Å². The normalized spacial score (nSPS) is 11.5. The Labute approximate surface area is 150 Å². The van der Waals surface area contributed by atoms with Crippen LogP contribution in [0.5, 0.6) is 5.75 Å². The first kappa shape index (κ1) is 17.9. The summed E-state index contributed by atoms with van der Waals surface area (Å²) in [6.07, 6.45) is 0. The number of rotatable bonds is 4. The molecule has 0 saturated carbocycles. The van der Waals surface area contributed by atoms with Crippen molar-refractivity contribution >= 4 is 26.9 Å². The van der Waals surface area contributed by atoms with E-state index in [0.29, 0.717) is 16.5 Å². The van der Waals surface area contributed by atoms with Crippen molar-refractivity contribution in [2.45, 2.75) is 25.7 Å². The Kier molecular flexibility index (Phi) is 4.41. The lowest BCUT2D eigenvalue weighted by Gasteiger charge is -2.09. The molecule has 0 aliphatic carbocycles. The number of Topliss-reactive ketones (excluding diaryl/α,β-unsaturated/α-hetero) is 1. The first-order valence-corrected chi connectivity index (χ1v) is 9.19. The third-order valence-corrected chi connectivity index (χ3v) is 5.45. The zero-order valence-electron chi connectivity index (χ0n) is 14.4. The van der Waals surface area contributed by atoms with E-state index in [-0.39, 0.29) is 22.0 Å². The van der Waals surface area contributed by atoms with E-state index in [2.05, 4.69) is 0 Å². The van der Waals surface area contributed by atoms with E-state index in [1.165, 1.54) is 43.3 Å². The van der Waals surface area contributed by atoms with Crippen molar-refractivity contribution in [3.05, 3.63) is 69.6 Å². The van der Waals surface area contributed by atoms with Crippen LogP contribution >= 0.6 is 0 Å². The summed E-state index contributed by atoms with van der Waals surface area (Å²) in [6, 6.07) is 9.96. The summed E-state index contributed by atoms with van der Waals surface area (Å²) in [4.78, 5) is 23.0. The molecule has 0 spiro atoms. The molecular formula is C19H16O6S. The Morgan fingerprint density at radius 1 is 1.00 bits per heavy atom. The molecule has 1 aromatic heterocycles. The topological polar surface area (TPSA) is 90.6 Å². The molecule has 0 amide bonds. The molecule has 0 atom stereocenters. The van der Waals surface area contributed by atoms with E-state index in [1.54, 1.807) is 19.9 Å². The molecule has 134 valence electrons. The van der Waals surface area contributed by atoms with E-state index in [9.17, 15) is 18.0 Å². The molecule has 0 aliphatic heterocycles. The average molecular weight is 372 g/mol. The van der Waals surface area contributed by atoms with Crippen LogP contribution in [0, 0.1) is 13.8 Å². The van der Waals surface area contributed by atoms with Gasteiger partial charge in [0, 0.05) is 22.6 Å². The van der Waals surface area contributed by atoms with E-state index in [1.807, 2.05) is 0 Å². The van der Waals surface area contributed by atoms with Gasteiger partial charge >= 0.3 is 15.7 Å². The van der Waals surface area contributed by atoms with Crippen LogP contribution in [0.25, 0.3) is 11.0 Å². The average Bonchev–Trinajstić information content (AvgIpc) is 2.59. The molecule has 0 fully saturated rings. The van der Waals surface area contributed by atoms with Crippen molar-refractivity contribution in [3.63, 3.8) is 0 Å². The maximum atomic E-state index is 12.4. The summed E-state index contributed by atoms with van der Waals surface area (Å²) in [5.74, 6) is -0.135. The maximum Gasteiger partial charge on any atom is 0.339 e. The highest BCUT2D eigenvalue weighted by Gasteiger charge is 2.18. The predicted molar refractivity (Wildman–Crippen MR) is 96.2 cm³/mol. The predicted octanol–water partition coefficient (Wildman–Crippen LogP) is 3.38. The highest BCUT2D eigenvalue weighted by molar-refractivity contribution is 7.87. The summed E-state index contributed by atoms with van der Waals surface area (Å²) in [5, 5.41) is 0.706. The van der Waals surface area contributed by atoms with Gasteiger partial charge in [0.1, 0.15) is 16.2 Å². The van der Waals surface area contributed by atoms with Gasteiger partial charge in [0.15, 0.2) is 5.78 Å². The molecule has 26 heavy (non-hydrogen) atoms. The Hall–Kier alpha value is -2.93. The summed E-state index contributed by atoms with van der Waals surface area (Å²) in [7, 11) is -4.08. The van der Waals surface area contributed by atoms with Crippen molar-refractivity contribution < 1.29 is 21.8 Å². The SMILES string of the molecule is CC(=O)c1ccc(S(=O)(=O)Oc2ccc3c(C)c(C)c(=O)oc3c2)cc1. The molecule has 6 nitrogen and oxygen atoms in total. The van der Waals surface area contributed by atoms with Crippen LogP contribution in [0.3, 0.4) is 0 Å². The number of carbonyl (C=O) groups excluding carboxylic acids is 1. The number of carbonyl (C=O) groups is 1. The number of fused-ring (bicyclic) bond motifs is 1. The van der Waals surface area contributed by atoms with Gasteiger partial charge in [0.25, 0.3) is 0 Å². The molecule has 0 unspecified atom stereocenters. The Balaban J connectivity index is 1.98. The molecule has 0 saturated heterocycles. The lowest BCUT2D eigenvalue weighted by atomic mass is 10.1. The molecule has 7 heteroatoms. The van der Waals surface area contributed by atoms with Crippen molar-refractivity contribution in [1.82, 2.24) is 0 Å². The van der Waals surface area contributed by atoms with Crippen LogP contribution in [0.4, 0.5) is 0 Å². The fourth-order valence-electron chi connectivity index (χ4n) is 2.51. The number of aryl methyl sites for hydroxylation is 1. The molecule has 3 rings (SSSR count). The Morgan fingerprint density at radius 3 is 2.27 bits per heavy atom. The fourth-order valence-corrected chi connectivity index (χ4v) is 3.43. The van der Waals surface area contributed by atoms with Gasteiger partial charge in [0.2, 0.25) is 0 Å². The lowest BCUT2D eigenvalue weighted by Crippen LogP contribution is -2.10. The Morgan fingerprint density at radius 2 is 1.65 bits per heavy atom. The number of hydrogen-bond donors (Lipinski definition) is 0. The minimum Gasteiger partial charge on any atom is -0.422 e. The molecule has 0 N–H and O–H groups in total.